The number of likely N-dealkylation sites (N-methyl/N-ethyl adjacent to an activating group) is 2. The molecule has 8 heteroatoms. The Hall–Kier alpha value is -2.58. The molecule has 0 aromatic heterocycles. The third-order valence-electron chi connectivity index (χ3n) is 5.91. The Morgan fingerprint density at radius 1 is 1.09 bits per heavy atom. The summed E-state index contributed by atoms with van der Waals surface area (Å²) in [6.07, 6.45) is -4.55. The van der Waals surface area contributed by atoms with E-state index in [2.05, 4.69) is 17.1 Å². The van der Waals surface area contributed by atoms with E-state index in [1.54, 1.807) is 6.07 Å². The molecule has 32 heavy (non-hydrogen) atoms. The van der Waals surface area contributed by atoms with Crippen molar-refractivity contribution in [3.63, 3.8) is 0 Å². The van der Waals surface area contributed by atoms with E-state index in [-0.39, 0.29) is 23.9 Å². The lowest BCUT2D eigenvalue weighted by atomic mass is 9.93. The fourth-order valence-corrected chi connectivity index (χ4v) is 4.18. The van der Waals surface area contributed by atoms with E-state index in [1.165, 1.54) is 7.11 Å². The van der Waals surface area contributed by atoms with Crippen LogP contribution in [-0.4, -0.2) is 56.5 Å². The van der Waals surface area contributed by atoms with Gasteiger partial charge >= 0.3 is 6.18 Å². The number of amides is 1. The van der Waals surface area contributed by atoms with Crippen LogP contribution in [0.1, 0.15) is 45.5 Å². The molecular weight excluding hydrogens is 419 g/mol. The number of ether oxygens (including phenoxy) is 1. The minimum absolute atomic E-state index is 0.0119. The van der Waals surface area contributed by atoms with Crippen molar-refractivity contribution in [1.29, 1.82) is 0 Å². The number of fused-ring (bicyclic) bond motifs is 4. The number of methoxy groups -OCH3 is 1. The Morgan fingerprint density at radius 2 is 1.78 bits per heavy atom. The molecule has 2 aromatic rings. The Balaban J connectivity index is 2.14. The molecule has 1 atom stereocenters. The van der Waals surface area contributed by atoms with E-state index >= 15 is 0 Å². The lowest BCUT2D eigenvalue weighted by molar-refractivity contribution is -0.137. The molecule has 0 radical (unpaired) electrons. The molecule has 1 unspecified atom stereocenters. The molecule has 3 rings (SSSR count). The van der Waals surface area contributed by atoms with Gasteiger partial charge in [-0.3, -0.25) is 4.79 Å². The zero-order valence-corrected chi connectivity index (χ0v) is 19.1. The summed E-state index contributed by atoms with van der Waals surface area (Å²) in [6.45, 7) is 6.59. The fourth-order valence-electron chi connectivity index (χ4n) is 4.18. The zero-order chi connectivity index (χ0) is 23.6. The van der Waals surface area contributed by atoms with E-state index in [1.807, 2.05) is 38.1 Å². The molecule has 174 valence electrons. The molecule has 0 spiro atoms. The van der Waals surface area contributed by atoms with Gasteiger partial charge in [-0.15, -0.1) is 0 Å². The molecule has 0 fully saturated rings. The number of nitrogens with one attached hydrogen (secondary N) is 1. The average Bonchev–Trinajstić information content (AvgIpc) is 2.71. The fraction of sp³-hybridized carbons (Fsp3) is 0.458. The number of carbonyl (C=O) groups excluding carboxylic acids is 1. The maximum atomic E-state index is 13.6. The molecule has 4 bridgehead atoms. The molecule has 0 saturated heterocycles. The largest absolute Gasteiger partial charge is 0.494 e. The second-order valence-corrected chi connectivity index (χ2v) is 8.64. The first kappa shape index (κ1) is 24.1. The summed E-state index contributed by atoms with van der Waals surface area (Å²) in [7, 11) is 5.28. The van der Waals surface area contributed by atoms with E-state index < -0.39 is 17.6 Å². The van der Waals surface area contributed by atoms with Gasteiger partial charge in [0.05, 0.1) is 18.4 Å². The number of carbonyl (C=O) groups is 1. The third-order valence-corrected chi connectivity index (χ3v) is 5.91. The Kier molecular flexibility index (Phi) is 7.15. The van der Waals surface area contributed by atoms with Crippen LogP contribution in [0.5, 0.6) is 5.75 Å². The van der Waals surface area contributed by atoms with Crippen LogP contribution in [0.2, 0.25) is 0 Å². The molecule has 1 aliphatic rings. The quantitative estimate of drug-likeness (QED) is 0.682. The van der Waals surface area contributed by atoms with Gasteiger partial charge in [0, 0.05) is 37.3 Å². The first-order chi connectivity index (χ1) is 15.0. The maximum absolute atomic E-state index is 13.6. The Labute approximate surface area is 187 Å². The summed E-state index contributed by atoms with van der Waals surface area (Å²) in [5.41, 5.74) is 2.07. The van der Waals surface area contributed by atoms with Gasteiger partial charge in [-0.1, -0.05) is 13.0 Å². The first-order valence-corrected chi connectivity index (χ1v) is 10.6. The van der Waals surface area contributed by atoms with E-state index in [0.717, 1.165) is 36.3 Å². The lowest BCUT2D eigenvalue weighted by Crippen LogP contribution is -2.33. The summed E-state index contributed by atoms with van der Waals surface area (Å²) < 4.78 is 46.3. The number of hydrogen-bond donors (Lipinski definition) is 1. The van der Waals surface area contributed by atoms with Gasteiger partial charge in [-0.25, -0.2) is 0 Å². The number of alkyl halides is 3. The van der Waals surface area contributed by atoms with E-state index in [0.29, 0.717) is 17.7 Å². The van der Waals surface area contributed by atoms with Gasteiger partial charge in [0.25, 0.3) is 5.91 Å². The highest BCUT2D eigenvalue weighted by molar-refractivity contribution is 6.05. The highest BCUT2D eigenvalue weighted by Crippen LogP contribution is 2.38. The van der Waals surface area contributed by atoms with Crippen molar-refractivity contribution in [1.82, 2.24) is 9.80 Å². The van der Waals surface area contributed by atoms with Gasteiger partial charge in [0.15, 0.2) is 0 Å². The first-order valence-electron chi connectivity index (χ1n) is 10.6. The molecule has 1 heterocycles. The summed E-state index contributed by atoms with van der Waals surface area (Å²) in [6, 6.07) is 7.43. The molecule has 2 aromatic carbocycles. The monoisotopic (exact) mass is 449 g/mol. The second kappa shape index (κ2) is 9.50. The van der Waals surface area contributed by atoms with Crippen molar-refractivity contribution in [2.45, 2.75) is 32.5 Å². The summed E-state index contributed by atoms with van der Waals surface area (Å²) >= 11 is 0. The number of halogens is 3. The van der Waals surface area contributed by atoms with E-state index in [4.69, 9.17) is 4.74 Å². The van der Waals surface area contributed by atoms with Crippen molar-refractivity contribution in [2.75, 3.05) is 46.2 Å². The van der Waals surface area contributed by atoms with Gasteiger partial charge in [0.1, 0.15) is 5.75 Å². The molecule has 5 nitrogen and oxygen atoms in total. The smallest absolute Gasteiger partial charge is 0.416 e. The molecule has 1 N–H and O–H groups in total. The minimum atomic E-state index is -4.55. The number of hydrogen-bond acceptors (Lipinski definition) is 4. The van der Waals surface area contributed by atoms with Crippen LogP contribution >= 0.6 is 0 Å². The van der Waals surface area contributed by atoms with Crippen LogP contribution in [0.25, 0.3) is 0 Å². The van der Waals surface area contributed by atoms with Gasteiger partial charge < -0.3 is 19.9 Å². The molecule has 1 aliphatic heterocycles. The van der Waals surface area contributed by atoms with Crippen LogP contribution < -0.4 is 10.1 Å². The van der Waals surface area contributed by atoms with E-state index in [9.17, 15) is 18.0 Å². The molecule has 0 saturated carbocycles. The Morgan fingerprint density at radius 3 is 2.44 bits per heavy atom. The predicted octanol–water partition coefficient (Wildman–Crippen LogP) is 4.76. The second-order valence-electron chi connectivity index (χ2n) is 8.64. The van der Waals surface area contributed by atoms with Gasteiger partial charge in [-0.2, -0.15) is 13.2 Å². The number of nitrogens with zero attached hydrogens (tertiary/aromatic N) is 2. The van der Waals surface area contributed by atoms with Crippen LogP contribution in [0, 0.1) is 6.92 Å². The lowest BCUT2D eigenvalue weighted by Gasteiger charge is -2.26. The normalized spacial score (nSPS) is 19.1. The number of aryl methyl sites for hydroxylation is 1. The topological polar surface area (TPSA) is 44.8 Å². The number of benzene rings is 2. The molecule has 1 amide bonds. The van der Waals surface area contributed by atoms with Crippen molar-refractivity contribution in [3.05, 3.63) is 58.1 Å². The Bertz CT molecular complexity index is 991. The summed E-state index contributed by atoms with van der Waals surface area (Å²) in [5, 5.41) is 2.66. The minimum Gasteiger partial charge on any atom is -0.494 e. The SMILES string of the molecule is COc1c2cc(C(F)(F)F)cc1NC(=O)c1ccc(C)c(c1)C(C)CN(C)CCN(C)C2. The van der Waals surface area contributed by atoms with Crippen LogP contribution in [0.4, 0.5) is 18.9 Å². The van der Waals surface area contributed by atoms with Gasteiger partial charge in [-0.05, 0) is 62.3 Å². The highest BCUT2D eigenvalue weighted by Gasteiger charge is 2.33. The van der Waals surface area contributed by atoms with Crippen LogP contribution in [0.3, 0.4) is 0 Å². The highest BCUT2D eigenvalue weighted by atomic mass is 19.4. The van der Waals surface area contributed by atoms with Crippen LogP contribution in [-0.2, 0) is 12.7 Å². The standard InChI is InChI=1S/C24H30F3N3O2/c1-15-6-7-17-11-20(15)16(2)13-29(3)8-9-30(4)14-18-10-19(24(25,26)27)12-21(22(18)32-5)28-23(17)31/h6-7,10-12,16H,8-9,13-14H2,1-5H3,(H,28,31). The average molecular weight is 450 g/mol. The summed E-state index contributed by atoms with van der Waals surface area (Å²) in [4.78, 5) is 17.2. The third kappa shape index (κ3) is 5.42. The summed E-state index contributed by atoms with van der Waals surface area (Å²) in [5.74, 6) is -0.0451. The maximum Gasteiger partial charge on any atom is 0.416 e. The van der Waals surface area contributed by atoms with Crippen molar-refractivity contribution in [2.24, 2.45) is 0 Å². The predicted molar refractivity (Wildman–Crippen MR) is 119 cm³/mol. The molecular formula is C24H30F3N3O2. The van der Waals surface area contributed by atoms with Crippen molar-refractivity contribution < 1.29 is 22.7 Å². The van der Waals surface area contributed by atoms with Crippen molar-refractivity contribution in [3.8, 4) is 5.75 Å². The molecule has 0 aliphatic carbocycles. The zero-order valence-electron chi connectivity index (χ0n) is 19.1. The van der Waals surface area contributed by atoms with Crippen LogP contribution in [0.15, 0.2) is 30.3 Å². The van der Waals surface area contributed by atoms with Crippen molar-refractivity contribution >= 4 is 11.6 Å². The van der Waals surface area contributed by atoms with Gasteiger partial charge in [0.2, 0.25) is 0 Å². The number of rotatable bonds is 1. The number of anilines is 1.